The molecule has 1 aliphatic rings. The largest absolute Gasteiger partial charge is 0.311 e. The number of halogens is 2. The van der Waals surface area contributed by atoms with Crippen LogP contribution < -0.4 is 5.32 Å². The zero-order chi connectivity index (χ0) is 12.4. The summed E-state index contributed by atoms with van der Waals surface area (Å²) in [7, 11) is 0. The van der Waals surface area contributed by atoms with E-state index in [0.717, 1.165) is 25.3 Å². The molecule has 1 saturated heterocycles. The van der Waals surface area contributed by atoms with Gasteiger partial charge in [0.15, 0.2) is 0 Å². The molecular formula is C12H17Cl2N3. The van der Waals surface area contributed by atoms with Crippen molar-refractivity contribution in [3.8, 4) is 0 Å². The molecule has 1 aliphatic heterocycles. The van der Waals surface area contributed by atoms with Gasteiger partial charge in [-0.2, -0.15) is 0 Å². The summed E-state index contributed by atoms with van der Waals surface area (Å²) in [6.45, 7) is 7.15. The van der Waals surface area contributed by atoms with Crippen LogP contribution in [-0.4, -0.2) is 35.1 Å². The Hall–Kier alpha value is -0.350. The summed E-state index contributed by atoms with van der Waals surface area (Å²) in [5.74, 6) is 0. The van der Waals surface area contributed by atoms with Gasteiger partial charge in [0.05, 0.1) is 10.7 Å². The average Bonchev–Trinajstić information content (AvgIpc) is 2.28. The molecule has 0 spiro atoms. The van der Waals surface area contributed by atoms with E-state index in [4.69, 9.17) is 23.2 Å². The second-order valence-electron chi connectivity index (χ2n) is 4.65. The molecule has 3 nitrogen and oxygen atoms in total. The van der Waals surface area contributed by atoms with Crippen molar-refractivity contribution in [1.29, 1.82) is 0 Å². The molecule has 2 atom stereocenters. The Morgan fingerprint density at radius 2 is 2.18 bits per heavy atom. The number of aromatic nitrogens is 1. The summed E-state index contributed by atoms with van der Waals surface area (Å²) in [4.78, 5) is 6.68. The van der Waals surface area contributed by atoms with Gasteiger partial charge in [0.25, 0.3) is 0 Å². The van der Waals surface area contributed by atoms with E-state index in [-0.39, 0.29) is 0 Å². The van der Waals surface area contributed by atoms with Crippen LogP contribution in [0.15, 0.2) is 12.1 Å². The lowest BCUT2D eigenvalue weighted by atomic mass is 10.1. The maximum Gasteiger partial charge on any atom is 0.129 e. The van der Waals surface area contributed by atoms with Gasteiger partial charge >= 0.3 is 0 Å². The minimum Gasteiger partial charge on any atom is -0.311 e. The molecule has 0 radical (unpaired) electrons. The average molecular weight is 274 g/mol. The van der Waals surface area contributed by atoms with E-state index >= 15 is 0 Å². The van der Waals surface area contributed by atoms with E-state index in [1.807, 2.05) is 6.07 Å². The van der Waals surface area contributed by atoms with Gasteiger partial charge in [0, 0.05) is 31.7 Å². The number of nitrogens with one attached hydrogen (secondary N) is 1. The van der Waals surface area contributed by atoms with Crippen molar-refractivity contribution in [2.75, 3.05) is 13.1 Å². The Morgan fingerprint density at radius 1 is 1.41 bits per heavy atom. The fourth-order valence-corrected chi connectivity index (χ4v) is 2.41. The van der Waals surface area contributed by atoms with Gasteiger partial charge < -0.3 is 5.32 Å². The first-order chi connectivity index (χ1) is 8.06. The number of nitrogens with zero attached hydrogens (tertiary/aromatic N) is 2. The lowest BCUT2D eigenvalue weighted by molar-refractivity contribution is 0.137. The minimum absolute atomic E-state index is 0.489. The molecule has 2 heterocycles. The van der Waals surface area contributed by atoms with Crippen molar-refractivity contribution >= 4 is 23.2 Å². The molecule has 0 aliphatic carbocycles. The highest BCUT2D eigenvalue weighted by molar-refractivity contribution is 6.32. The van der Waals surface area contributed by atoms with E-state index in [2.05, 4.69) is 29.0 Å². The van der Waals surface area contributed by atoms with Crippen molar-refractivity contribution in [3.63, 3.8) is 0 Å². The molecule has 2 rings (SSSR count). The minimum atomic E-state index is 0.489. The molecule has 94 valence electrons. The lowest BCUT2D eigenvalue weighted by Gasteiger charge is -2.37. The predicted octanol–water partition coefficient (Wildman–Crippen LogP) is 2.57. The number of hydrogen-bond donors (Lipinski definition) is 1. The van der Waals surface area contributed by atoms with Crippen LogP contribution in [0.2, 0.25) is 10.2 Å². The van der Waals surface area contributed by atoms with Crippen molar-refractivity contribution in [1.82, 2.24) is 15.2 Å². The van der Waals surface area contributed by atoms with E-state index in [1.54, 1.807) is 6.07 Å². The Morgan fingerprint density at radius 3 is 2.94 bits per heavy atom. The third kappa shape index (κ3) is 3.32. The van der Waals surface area contributed by atoms with Gasteiger partial charge in [0.1, 0.15) is 5.15 Å². The van der Waals surface area contributed by atoms with Crippen LogP contribution in [0.4, 0.5) is 0 Å². The van der Waals surface area contributed by atoms with Crippen molar-refractivity contribution in [2.45, 2.75) is 32.5 Å². The topological polar surface area (TPSA) is 28.2 Å². The SMILES string of the molecule is CC1CN(Cc2nc(Cl)ccc2Cl)C(C)CN1. The molecule has 0 bridgehead atoms. The Labute approximate surface area is 112 Å². The predicted molar refractivity (Wildman–Crippen MR) is 71.6 cm³/mol. The summed E-state index contributed by atoms with van der Waals surface area (Å²) in [6.07, 6.45) is 0. The molecule has 1 aromatic rings. The van der Waals surface area contributed by atoms with Crippen LogP contribution in [0, 0.1) is 0 Å². The van der Waals surface area contributed by atoms with Crippen LogP contribution in [0.5, 0.6) is 0 Å². The molecule has 1 aromatic heterocycles. The molecule has 17 heavy (non-hydrogen) atoms. The first-order valence-corrected chi connectivity index (χ1v) is 6.60. The quantitative estimate of drug-likeness (QED) is 0.840. The van der Waals surface area contributed by atoms with E-state index in [0.29, 0.717) is 22.3 Å². The smallest absolute Gasteiger partial charge is 0.129 e. The van der Waals surface area contributed by atoms with Gasteiger partial charge in [-0.05, 0) is 26.0 Å². The highest BCUT2D eigenvalue weighted by Crippen LogP contribution is 2.20. The molecule has 0 amide bonds. The lowest BCUT2D eigenvalue weighted by Crippen LogP contribution is -2.53. The summed E-state index contributed by atoms with van der Waals surface area (Å²) < 4.78 is 0. The standard InChI is InChI=1S/C12H17Cl2N3/c1-8-6-17(9(2)5-15-8)7-11-10(13)3-4-12(14)16-11/h3-4,8-9,15H,5-7H2,1-2H3. The van der Waals surface area contributed by atoms with Crippen LogP contribution in [-0.2, 0) is 6.54 Å². The molecular weight excluding hydrogens is 257 g/mol. The maximum absolute atomic E-state index is 6.14. The van der Waals surface area contributed by atoms with E-state index in [9.17, 15) is 0 Å². The summed E-state index contributed by atoms with van der Waals surface area (Å²) in [5, 5.41) is 4.64. The molecule has 2 unspecified atom stereocenters. The number of pyridine rings is 1. The Bertz CT molecular complexity index is 397. The fraction of sp³-hybridized carbons (Fsp3) is 0.583. The van der Waals surface area contributed by atoms with Crippen molar-refractivity contribution in [2.24, 2.45) is 0 Å². The highest BCUT2D eigenvalue weighted by atomic mass is 35.5. The Balaban J connectivity index is 2.11. The normalized spacial score (nSPS) is 26.1. The summed E-state index contributed by atoms with van der Waals surface area (Å²) in [5.41, 5.74) is 0.861. The van der Waals surface area contributed by atoms with Crippen LogP contribution in [0.3, 0.4) is 0 Å². The number of piperazine rings is 1. The third-order valence-corrected chi connectivity index (χ3v) is 3.69. The zero-order valence-electron chi connectivity index (χ0n) is 10.1. The van der Waals surface area contributed by atoms with E-state index in [1.165, 1.54) is 0 Å². The highest BCUT2D eigenvalue weighted by Gasteiger charge is 2.23. The molecule has 0 saturated carbocycles. The monoisotopic (exact) mass is 273 g/mol. The van der Waals surface area contributed by atoms with Crippen molar-refractivity contribution < 1.29 is 0 Å². The van der Waals surface area contributed by atoms with Crippen LogP contribution in [0.1, 0.15) is 19.5 Å². The first-order valence-electron chi connectivity index (χ1n) is 5.84. The van der Waals surface area contributed by atoms with Gasteiger partial charge in [-0.1, -0.05) is 23.2 Å². The summed E-state index contributed by atoms with van der Waals surface area (Å²) in [6, 6.07) is 4.52. The van der Waals surface area contributed by atoms with Gasteiger partial charge in [-0.15, -0.1) is 0 Å². The molecule has 0 aromatic carbocycles. The molecule has 1 fully saturated rings. The fourth-order valence-electron chi connectivity index (χ4n) is 2.08. The van der Waals surface area contributed by atoms with Crippen LogP contribution >= 0.6 is 23.2 Å². The zero-order valence-corrected chi connectivity index (χ0v) is 11.6. The number of hydrogen-bond acceptors (Lipinski definition) is 3. The Kier molecular flexibility index (Phi) is 4.26. The van der Waals surface area contributed by atoms with E-state index < -0.39 is 0 Å². The third-order valence-electron chi connectivity index (χ3n) is 3.13. The molecule has 5 heteroatoms. The summed E-state index contributed by atoms with van der Waals surface area (Å²) >= 11 is 12.0. The van der Waals surface area contributed by atoms with Crippen LogP contribution in [0.25, 0.3) is 0 Å². The second kappa shape index (κ2) is 5.53. The number of rotatable bonds is 2. The molecule has 1 N–H and O–H groups in total. The first kappa shape index (κ1) is 13.1. The second-order valence-corrected chi connectivity index (χ2v) is 5.44. The maximum atomic E-state index is 6.14. The van der Waals surface area contributed by atoms with Gasteiger partial charge in [0.2, 0.25) is 0 Å². The van der Waals surface area contributed by atoms with Gasteiger partial charge in [-0.25, -0.2) is 4.98 Å². The van der Waals surface area contributed by atoms with Gasteiger partial charge in [-0.3, -0.25) is 4.90 Å². The van der Waals surface area contributed by atoms with Crippen molar-refractivity contribution in [3.05, 3.63) is 28.0 Å².